The van der Waals surface area contributed by atoms with Crippen LogP contribution >= 0.6 is 0 Å². The Hall–Kier alpha value is -2.14. The van der Waals surface area contributed by atoms with E-state index < -0.39 is 6.10 Å². The fourth-order valence-electron chi connectivity index (χ4n) is 8.77. The van der Waals surface area contributed by atoms with Crippen molar-refractivity contribution in [1.82, 2.24) is 0 Å². The van der Waals surface area contributed by atoms with Crippen LogP contribution in [0.3, 0.4) is 0 Å². The van der Waals surface area contributed by atoms with Gasteiger partial charge in [0.1, 0.15) is 6.61 Å². The topological polar surface area (TPSA) is 61.8 Å². The maximum Gasteiger partial charge on any atom is 0.306 e. The van der Waals surface area contributed by atoms with Gasteiger partial charge in [0.2, 0.25) is 0 Å². The largest absolute Gasteiger partial charge is 0.462 e. The van der Waals surface area contributed by atoms with E-state index in [2.05, 4.69) is 69.4 Å². The third kappa shape index (κ3) is 56.4. The van der Waals surface area contributed by atoms with Crippen molar-refractivity contribution >= 4 is 11.9 Å². The van der Waals surface area contributed by atoms with Crippen LogP contribution in [0.25, 0.3) is 0 Å². The van der Waals surface area contributed by atoms with Crippen LogP contribution in [0.4, 0.5) is 0 Å². The van der Waals surface area contributed by atoms with E-state index in [4.69, 9.17) is 14.2 Å². The number of carbonyl (C=O) groups is 2. The van der Waals surface area contributed by atoms with E-state index in [0.717, 1.165) is 57.8 Å². The average molecular weight is 954 g/mol. The Bertz CT molecular complexity index is 1120. The summed E-state index contributed by atoms with van der Waals surface area (Å²) in [6, 6.07) is 0. The highest BCUT2D eigenvalue weighted by atomic mass is 16.6. The average Bonchev–Trinajstić information content (AvgIpc) is 3.34. The number of ether oxygens (including phenoxy) is 3. The molecule has 0 rings (SSSR count). The molecule has 0 amide bonds. The smallest absolute Gasteiger partial charge is 0.306 e. The number of esters is 2. The van der Waals surface area contributed by atoms with Crippen molar-refractivity contribution in [2.45, 2.75) is 322 Å². The van der Waals surface area contributed by atoms with Gasteiger partial charge in [0.25, 0.3) is 0 Å². The summed E-state index contributed by atoms with van der Waals surface area (Å²) in [4.78, 5) is 25.6. The van der Waals surface area contributed by atoms with Crippen LogP contribution in [0, 0.1) is 0 Å². The molecule has 0 aliphatic carbocycles. The molecule has 0 aliphatic heterocycles. The molecular formula is C63H116O5. The van der Waals surface area contributed by atoms with Crippen LogP contribution in [-0.4, -0.2) is 37.9 Å². The van der Waals surface area contributed by atoms with Gasteiger partial charge in [-0.25, -0.2) is 0 Å². The van der Waals surface area contributed by atoms with Gasteiger partial charge < -0.3 is 14.2 Å². The van der Waals surface area contributed by atoms with Gasteiger partial charge in [0.05, 0.1) is 6.61 Å². The first-order chi connectivity index (χ1) is 33.6. The minimum absolute atomic E-state index is 0.0812. The van der Waals surface area contributed by atoms with Gasteiger partial charge in [0.15, 0.2) is 6.10 Å². The Kier molecular flexibility index (Phi) is 57.3. The maximum absolute atomic E-state index is 12.9. The van der Waals surface area contributed by atoms with Crippen molar-refractivity contribution in [3.63, 3.8) is 0 Å². The lowest BCUT2D eigenvalue weighted by Gasteiger charge is -2.18. The Balaban J connectivity index is 4.26. The van der Waals surface area contributed by atoms with Gasteiger partial charge in [-0.2, -0.15) is 0 Å². The lowest BCUT2D eigenvalue weighted by Crippen LogP contribution is -2.30. The van der Waals surface area contributed by atoms with Crippen LogP contribution in [0.15, 0.2) is 48.6 Å². The van der Waals surface area contributed by atoms with E-state index in [1.54, 1.807) is 0 Å². The fraction of sp³-hybridized carbons (Fsp3) is 0.841. The van der Waals surface area contributed by atoms with Crippen LogP contribution in [0.5, 0.6) is 0 Å². The molecule has 68 heavy (non-hydrogen) atoms. The molecule has 5 heteroatoms. The Labute approximate surface area is 424 Å². The van der Waals surface area contributed by atoms with E-state index in [1.165, 1.54) is 225 Å². The summed E-state index contributed by atoms with van der Waals surface area (Å²) in [5.74, 6) is -0.397. The van der Waals surface area contributed by atoms with Gasteiger partial charge >= 0.3 is 11.9 Å². The molecule has 398 valence electrons. The summed E-state index contributed by atoms with van der Waals surface area (Å²) in [6.07, 6.45) is 74.2. The molecule has 0 bridgehead atoms. The molecule has 1 atom stereocenters. The first kappa shape index (κ1) is 65.9. The molecule has 0 saturated carbocycles. The number of hydrogen-bond acceptors (Lipinski definition) is 5. The summed E-state index contributed by atoms with van der Waals surface area (Å²) in [6.45, 7) is 7.82. The quantitative estimate of drug-likeness (QED) is 0.0345. The zero-order valence-corrected chi connectivity index (χ0v) is 45.9. The molecule has 0 aromatic rings. The zero-order chi connectivity index (χ0) is 49.2. The standard InChI is InChI=1S/C63H116O5/c1-4-7-10-13-16-19-22-25-28-30-32-33-36-38-41-44-47-50-53-56-62(64)67-60-61(68-63(65)57-54-51-48-45-42-39-35-27-24-21-18-15-12-9-6-3)59-66-58-55-52-49-46-43-40-37-34-31-29-26-23-20-17-14-11-8-5-2/h17,20,25-29,35,61H,4-16,18-19,21-24,30-34,36-60H2,1-3H3/b20-17-,28-25-,29-26-,35-27-. The van der Waals surface area contributed by atoms with Crippen LogP contribution in [-0.2, 0) is 23.8 Å². The van der Waals surface area contributed by atoms with Crippen molar-refractivity contribution in [3.8, 4) is 0 Å². The predicted octanol–water partition coefficient (Wildman–Crippen LogP) is 20.7. The van der Waals surface area contributed by atoms with Gasteiger partial charge in [-0.15, -0.1) is 0 Å². The summed E-state index contributed by atoms with van der Waals surface area (Å²) in [5.41, 5.74) is 0. The van der Waals surface area contributed by atoms with Gasteiger partial charge in [-0.1, -0.05) is 249 Å². The van der Waals surface area contributed by atoms with Crippen molar-refractivity contribution < 1.29 is 23.8 Å². The lowest BCUT2D eigenvalue weighted by molar-refractivity contribution is -0.163. The zero-order valence-electron chi connectivity index (χ0n) is 45.9. The monoisotopic (exact) mass is 953 g/mol. The molecule has 0 aliphatic rings. The molecule has 0 fully saturated rings. The molecular weight excluding hydrogens is 837 g/mol. The summed E-state index contributed by atoms with van der Waals surface area (Å²) < 4.78 is 17.5. The van der Waals surface area contributed by atoms with E-state index >= 15 is 0 Å². The van der Waals surface area contributed by atoms with E-state index in [1.807, 2.05) is 0 Å². The second-order valence-electron chi connectivity index (χ2n) is 20.2. The second-order valence-corrected chi connectivity index (χ2v) is 20.2. The summed E-state index contributed by atoms with van der Waals surface area (Å²) >= 11 is 0. The fourth-order valence-corrected chi connectivity index (χ4v) is 8.77. The molecule has 0 spiro atoms. The molecule has 0 N–H and O–H groups in total. The summed E-state index contributed by atoms with van der Waals surface area (Å²) in [5, 5.41) is 0. The first-order valence-corrected chi connectivity index (χ1v) is 30.2. The van der Waals surface area contributed by atoms with E-state index in [9.17, 15) is 9.59 Å². The number of hydrogen-bond donors (Lipinski definition) is 0. The SMILES string of the molecule is CCCCC/C=C\C/C=C\CCCCCCCCCCOCC(COC(=O)CCCCCCCCCCC/C=C\CCCCCCCC)OC(=O)CCCCCCC/C=C\CCCCCCCC. The lowest BCUT2D eigenvalue weighted by atomic mass is 10.1. The Morgan fingerprint density at radius 1 is 0.324 bits per heavy atom. The highest BCUT2D eigenvalue weighted by Gasteiger charge is 2.17. The molecule has 0 aromatic carbocycles. The number of allylic oxidation sites excluding steroid dienone is 8. The normalized spacial score (nSPS) is 12.5. The van der Waals surface area contributed by atoms with E-state index in [0.29, 0.717) is 19.4 Å². The van der Waals surface area contributed by atoms with Gasteiger partial charge in [-0.05, 0) is 103 Å². The molecule has 5 nitrogen and oxygen atoms in total. The van der Waals surface area contributed by atoms with Crippen molar-refractivity contribution in [2.75, 3.05) is 19.8 Å². The third-order valence-electron chi connectivity index (χ3n) is 13.3. The molecule has 0 aromatic heterocycles. The number of unbranched alkanes of at least 4 members (excludes halogenated alkanes) is 37. The van der Waals surface area contributed by atoms with Crippen molar-refractivity contribution in [1.29, 1.82) is 0 Å². The van der Waals surface area contributed by atoms with Crippen LogP contribution in [0.1, 0.15) is 316 Å². The van der Waals surface area contributed by atoms with Crippen LogP contribution < -0.4 is 0 Å². The summed E-state index contributed by atoms with van der Waals surface area (Å²) in [7, 11) is 0. The second kappa shape index (κ2) is 59.2. The highest BCUT2D eigenvalue weighted by molar-refractivity contribution is 5.70. The minimum Gasteiger partial charge on any atom is -0.462 e. The van der Waals surface area contributed by atoms with E-state index in [-0.39, 0.29) is 25.2 Å². The Morgan fingerprint density at radius 3 is 1.01 bits per heavy atom. The van der Waals surface area contributed by atoms with Gasteiger partial charge in [-0.3, -0.25) is 9.59 Å². The predicted molar refractivity (Wildman–Crippen MR) is 298 cm³/mol. The van der Waals surface area contributed by atoms with Crippen molar-refractivity contribution in [3.05, 3.63) is 48.6 Å². The maximum atomic E-state index is 12.9. The number of rotatable bonds is 56. The minimum atomic E-state index is -0.544. The molecule has 0 heterocycles. The Morgan fingerprint density at radius 2 is 0.618 bits per heavy atom. The van der Waals surface area contributed by atoms with Crippen LogP contribution in [0.2, 0.25) is 0 Å². The molecule has 0 radical (unpaired) electrons. The molecule has 0 saturated heterocycles. The van der Waals surface area contributed by atoms with Crippen molar-refractivity contribution in [2.24, 2.45) is 0 Å². The van der Waals surface area contributed by atoms with Gasteiger partial charge in [0, 0.05) is 19.4 Å². The third-order valence-corrected chi connectivity index (χ3v) is 13.3. The highest BCUT2D eigenvalue weighted by Crippen LogP contribution is 2.16. The first-order valence-electron chi connectivity index (χ1n) is 30.2. The molecule has 1 unspecified atom stereocenters. The number of carbonyl (C=O) groups excluding carboxylic acids is 2.